The van der Waals surface area contributed by atoms with Gasteiger partial charge in [0.25, 0.3) is 0 Å². The monoisotopic (exact) mass is 478 g/mol. The van der Waals surface area contributed by atoms with E-state index >= 15 is 0 Å². The number of likely N-dealkylation sites (tertiary alicyclic amines) is 1. The van der Waals surface area contributed by atoms with E-state index in [4.69, 9.17) is 5.11 Å². The third-order valence-corrected chi connectivity index (χ3v) is 10.4. The summed E-state index contributed by atoms with van der Waals surface area (Å²) in [6.45, 7) is 6.84. The van der Waals surface area contributed by atoms with Crippen molar-refractivity contribution < 1.29 is 24.6 Å². The van der Waals surface area contributed by atoms with Crippen LogP contribution in [0.15, 0.2) is 12.7 Å². The molecule has 0 aromatic heterocycles. The molecule has 3 aliphatic heterocycles. The Labute approximate surface area is 201 Å². The van der Waals surface area contributed by atoms with Crippen molar-refractivity contribution in [1.82, 2.24) is 9.80 Å². The van der Waals surface area contributed by atoms with E-state index in [1.807, 2.05) is 11.8 Å². The number of carboxylic acids is 1. The lowest BCUT2D eigenvalue weighted by Gasteiger charge is -2.41. The largest absolute Gasteiger partial charge is 0.481 e. The van der Waals surface area contributed by atoms with Crippen molar-refractivity contribution in [3.63, 3.8) is 0 Å². The summed E-state index contributed by atoms with van der Waals surface area (Å²) in [5, 5.41) is 19.2. The molecule has 4 rings (SSSR count). The van der Waals surface area contributed by atoms with Crippen molar-refractivity contribution in [1.29, 1.82) is 0 Å². The first-order valence-electron chi connectivity index (χ1n) is 12.6. The Hall–Kier alpha value is -1.54. The van der Waals surface area contributed by atoms with Crippen molar-refractivity contribution in [3.8, 4) is 0 Å². The molecule has 0 aromatic rings. The van der Waals surface area contributed by atoms with Gasteiger partial charge in [0.1, 0.15) is 6.04 Å². The summed E-state index contributed by atoms with van der Waals surface area (Å²) in [4.78, 5) is 44.0. The molecule has 4 fully saturated rings. The van der Waals surface area contributed by atoms with Crippen LogP contribution >= 0.6 is 11.8 Å². The lowest BCUT2D eigenvalue weighted by atomic mass is 9.66. The third kappa shape index (κ3) is 4.01. The van der Waals surface area contributed by atoms with E-state index in [1.165, 1.54) is 6.42 Å². The number of thioether (sulfide) groups is 1. The number of aliphatic carboxylic acids is 1. The van der Waals surface area contributed by atoms with Crippen molar-refractivity contribution in [3.05, 3.63) is 12.7 Å². The maximum atomic E-state index is 14.3. The van der Waals surface area contributed by atoms with E-state index in [9.17, 15) is 19.5 Å². The minimum absolute atomic E-state index is 0.0254. The van der Waals surface area contributed by atoms with Gasteiger partial charge in [0.15, 0.2) is 0 Å². The van der Waals surface area contributed by atoms with Crippen LogP contribution in [-0.4, -0.2) is 79.1 Å². The molecule has 5 atom stereocenters. The molecule has 2 N–H and O–H groups in total. The van der Waals surface area contributed by atoms with Crippen molar-refractivity contribution >= 4 is 29.5 Å². The first kappa shape index (κ1) is 24.6. The third-order valence-electron chi connectivity index (χ3n) is 8.46. The summed E-state index contributed by atoms with van der Waals surface area (Å²) >= 11 is 1.60. The first-order chi connectivity index (χ1) is 15.8. The zero-order valence-corrected chi connectivity index (χ0v) is 20.5. The number of hydrogen-bond acceptors (Lipinski definition) is 5. The number of carbonyl (C=O) groups is 3. The highest BCUT2D eigenvalue weighted by Crippen LogP contribution is 2.71. The average molecular weight is 479 g/mol. The highest BCUT2D eigenvalue weighted by Gasteiger charge is 2.77. The van der Waals surface area contributed by atoms with Crippen LogP contribution in [0.3, 0.4) is 0 Å². The Morgan fingerprint density at radius 1 is 1.21 bits per heavy atom. The highest BCUT2D eigenvalue weighted by molar-refractivity contribution is 8.02. The van der Waals surface area contributed by atoms with Crippen LogP contribution in [0, 0.1) is 11.8 Å². The van der Waals surface area contributed by atoms with Crippen LogP contribution in [0.5, 0.6) is 0 Å². The molecule has 3 heterocycles. The molecule has 33 heavy (non-hydrogen) atoms. The molecule has 0 aromatic carbocycles. The number of carboxylic acid groups (broad SMARTS) is 1. The summed E-state index contributed by atoms with van der Waals surface area (Å²) in [5.41, 5.74) is 0. The van der Waals surface area contributed by atoms with E-state index in [1.54, 1.807) is 22.7 Å². The molecular formula is C25H38N2O5S. The average Bonchev–Trinajstić information content (AvgIpc) is 3.36. The molecular weight excluding hydrogens is 440 g/mol. The molecule has 4 aliphatic rings. The van der Waals surface area contributed by atoms with E-state index < -0.39 is 33.3 Å². The normalized spacial score (nSPS) is 35.6. The molecule has 1 saturated carbocycles. The van der Waals surface area contributed by atoms with Gasteiger partial charge in [-0.3, -0.25) is 14.4 Å². The Bertz CT molecular complexity index is 800. The number of aliphatic hydroxyl groups excluding tert-OH is 1. The van der Waals surface area contributed by atoms with Gasteiger partial charge in [-0.25, -0.2) is 0 Å². The number of unbranched alkanes of at least 4 members (excludes halogenated alkanes) is 2. The summed E-state index contributed by atoms with van der Waals surface area (Å²) < 4.78 is -1.18. The van der Waals surface area contributed by atoms with Crippen molar-refractivity contribution in [2.24, 2.45) is 11.8 Å². The zero-order valence-electron chi connectivity index (χ0n) is 19.7. The van der Waals surface area contributed by atoms with Crippen LogP contribution < -0.4 is 0 Å². The van der Waals surface area contributed by atoms with Crippen LogP contribution in [-0.2, 0) is 14.4 Å². The zero-order chi connectivity index (χ0) is 23.8. The number of nitrogens with zero attached hydrogens (tertiary/aromatic N) is 2. The molecule has 7 nitrogen and oxygen atoms in total. The van der Waals surface area contributed by atoms with E-state index in [0.29, 0.717) is 38.8 Å². The van der Waals surface area contributed by atoms with Gasteiger partial charge in [0, 0.05) is 30.5 Å². The highest BCUT2D eigenvalue weighted by atomic mass is 32.2. The van der Waals surface area contributed by atoms with Crippen LogP contribution in [0.4, 0.5) is 0 Å². The maximum absolute atomic E-state index is 14.3. The number of carbonyl (C=O) groups excluding carboxylic acids is 2. The van der Waals surface area contributed by atoms with Gasteiger partial charge in [0.2, 0.25) is 11.8 Å². The van der Waals surface area contributed by atoms with Gasteiger partial charge < -0.3 is 20.0 Å². The van der Waals surface area contributed by atoms with Crippen molar-refractivity contribution in [2.45, 2.75) is 92.7 Å². The molecule has 3 saturated heterocycles. The molecule has 2 unspecified atom stereocenters. The number of hydrogen-bond donors (Lipinski definition) is 2. The number of amides is 2. The fourth-order valence-corrected chi connectivity index (χ4v) is 9.34. The van der Waals surface area contributed by atoms with Gasteiger partial charge in [-0.2, -0.15) is 0 Å². The molecule has 1 spiro atoms. The van der Waals surface area contributed by atoms with E-state index in [-0.39, 0.29) is 24.5 Å². The quantitative estimate of drug-likeness (QED) is 0.370. The van der Waals surface area contributed by atoms with E-state index in [2.05, 4.69) is 6.58 Å². The topological polar surface area (TPSA) is 98.2 Å². The Balaban J connectivity index is 1.70. The van der Waals surface area contributed by atoms with Gasteiger partial charge in [-0.1, -0.05) is 25.3 Å². The van der Waals surface area contributed by atoms with Crippen molar-refractivity contribution in [2.75, 3.05) is 19.7 Å². The van der Waals surface area contributed by atoms with Gasteiger partial charge in [-0.05, 0) is 51.9 Å². The van der Waals surface area contributed by atoms with Gasteiger partial charge in [0.05, 0.1) is 16.6 Å². The summed E-state index contributed by atoms with van der Waals surface area (Å²) in [6.07, 6.45) is 10.6. The SMILES string of the molecule is C=CCN(C(=O)C1N(CCCCCO)C(=O)[C@@H]2[C@H](C(=O)O)[C@]3(C)CCC12S3)C1CCCCC1. The Morgan fingerprint density at radius 2 is 1.94 bits per heavy atom. The fraction of sp³-hybridized carbons (Fsp3) is 0.800. The lowest BCUT2D eigenvalue weighted by molar-refractivity contribution is -0.150. The smallest absolute Gasteiger partial charge is 0.308 e. The Morgan fingerprint density at radius 3 is 2.58 bits per heavy atom. The van der Waals surface area contributed by atoms with Crippen LogP contribution in [0.1, 0.15) is 71.1 Å². The summed E-state index contributed by atoms with van der Waals surface area (Å²) in [5.74, 6) is -2.52. The van der Waals surface area contributed by atoms with Gasteiger partial charge >= 0.3 is 5.97 Å². The van der Waals surface area contributed by atoms with Crippen LogP contribution in [0.25, 0.3) is 0 Å². The number of fused-ring (bicyclic) bond motifs is 1. The molecule has 0 radical (unpaired) electrons. The molecule has 2 amide bonds. The second-order valence-corrected chi connectivity index (χ2v) is 12.3. The second kappa shape index (κ2) is 9.61. The minimum Gasteiger partial charge on any atom is -0.481 e. The molecule has 1 aliphatic carbocycles. The Kier molecular flexibility index (Phi) is 7.16. The standard InChI is InChI=1S/C25H38N2O5S/c1-3-14-26(17-10-6-4-7-11-17)22(30)20-25-13-12-24(2,33-25)19(23(31)32)18(25)21(29)27(20)15-8-5-9-16-28/h3,17-20,28H,1,4-16H2,2H3,(H,31,32)/t18-,19+,20?,24-,25?/m0/s1. The minimum atomic E-state index is -0.923. The molecule has 2 bridgehead atoms. The predicted octanol–water partition coefficient (Wildman–Crippen LogP) is 3.06. The second-order valence-electron chi connectivity index (χ2n) is 10.5. The maximum Gasteiger partial charge on any atom is 0.308 e. The summed E-state index contributed by atoms with van der Waals surface area (Å²) in [7, 11) is 0. The summed E-state index contributed by atoms with van der Waals surface area (Å²) in [6, 6.07) is -0.470. The molecule has 184 valence electrons. The van der Waals surface area contributed by atoms with Gasteiger partial charge in [-0.15, -0.1) is 18.3 Å². The van der Waals surface area contributed by atoms with Crippen LogP contribution in [0.2, 0.25) is 0 Å². The number of rotatable bonds is 10. The lowest BCUT2D eigenvalue weighted by Crippen LogP contribution is -2.57. The predicted molar refractivity (Wildman–Crippen MR) is 128 cm³/mol. The first-order valence-corrected chi connectivity index (χ1v) is 13.4. The molecule has 8 heteroatoms. The number of aliphatic hydroxyl groups is 1. The van der Waals surface area contributed by atoms with E-state index in [0.717, 1.165) is 32.1 Å². The fourth-order valence-electron chi connectivity index (χ4n) is 7.00.